The zero-order chi connectivity index (χ0) is 18.7. The van der Waals surface area contributed by atoms with Gasteiger partial charge in [-0.25, -0.2) is 0 Å². The van der Waals surface area contributed by atoms with Crippen molar-refractivity contribution >= 4 is 39.3 Å². The molecule has 3 aromatic rings. The van der Waals surface area contributed by atoms with Crippen molar-refractivity contribution in [2.75, 3.05) is 0 Å². The molecule has 0 saturated heterocycles. The van der Waals surface area contributed by atoms with E-state index < -0.39 is 0 Å². The summed E-state index contributed by atoms with van der Waals surface area (Å²) in [5.74, 6) is 0.878. The summed E-state index contributed by atoms with van der Waals surface area (Å²) in [5, 5.41) is 10.3. The van der Waals surface area contributed by atoms with E-state index in [4.69, 9.17) is 27.5 Å². The zero-order valence-electron chi connectivity index (χ0n) is 14.8. The maximum atomic E-state index is 7.55. The SMILES string of the molecule is CC(C)Oc1ccccc1/C=C(\Cl)c1ccc2cc(C(=N)N)ccc2c1. The number of halogens is 1. The minimum absolute atomic E-state index is 0.0654. The minimum Gasteiger partial charge on any atom is -0.490 e. The van der Waals surface area contributed by atoms with Crippen molar-refractivity contribution in [3.8, 4) is 5.75 Å². The Morgan fingerprint density at radius 1 is 1.00 bits per heavy atom. The Balaban J connectivity index is 1.97. The van der Waals surface area contributed by atoms with Gasteiger partial charge in [0.1, 0.15) is 11.6 Å². The highest BCUT2D eigenvalue weighted by Crippen LogP contribution is 2.29. The Labute approximate surface area is 158 Å². The second kappa shape index (κ2) is 7.63. The van der Waals surface area contributed by atoms with Gasteiger partial charge in [0.25, 0.3) is 0 Å². The molecular formula is C22H21ClN2O. The molecule has 0 radical (unpaired) electrons. The van der Waals surface area contributed by atoms with E-state index in [2.05, 4.69) is 0 Å². The molecule has 0 heterocycles. The van der Waals surface area contributed by atoms with Crippen molar-refractivity contribution in [2.45, 2.75) is 20.0 Å². The van der Waals surface area contributed by atoms with Crippen molar-refractivity contribution in [3.05, 3.63) is 77.4 Å². The number of para-hydroxylation sites is 1. The van der Waals surface area contributed by atoms with E-state index in [0.717, 1.165) is 27.6 Å². The van der Waals surface area contributed by atoms with Crippen molar-refractivity contribution in [1.29, 1.82) is 5.41 Å². The molecule has 26 heavy (non-hydrogen) atoms. The monoisotopic (exact) mass is 364 g/mol. The van der Waals surface area contributed by atoms with Crippen LogP contribution in [0.2, 0.25) is 0 Å². The molecule has 0 amide bonds. The third kappa shape index (κ3) is 4.06. The number of rotatable bonds is 5. The summed E-state index contributed by atoms with van der Waals surface area (Å²) in [5.41, 5.74) is 8.14. The standard InChI is InChI=1S/C22H21ClN2O/c1-14(2)26-21-6-4-3-5-18(21)13-20(23)17-9-7-16-12-19(22(24)25)10-8-15(16)11-17/h3-14H,1-2H3,(H3,24,25)/b20-13-. The average Bonchev–Trinajstić information content (AvgIpc) is 2.62. The van der Waals surface area contributed by atoms with Gasteiger partial charge in [-0.15, -0.1) is 0 Å². The van der Waals surface area contributed by atoms with Gasteiger partial charge in [-0.1, -0.05) is 54.1 Å². The van der Waals surface area contributed by atoms with Crippen molar-refractivity contribution in [2.24, 2.45) is 5.73 Å². The molecule has 0 aromatic heterocycles. The van der Waals surface area contributed by atoms with Gasteiger partial charge >= 0.3 is 0 Å². The van der Waals surface area contributed by atoms with Gasteiger partial charge in [0, 0.05) is 16.2 Å². The number of nitrogens with one attached hydrogen (secondary N) is 1. The van der Waals surface area contributed by atoms with Crippen LogP contribution < -0.4 is 10.5 Å². The van der Waals surface area contributed by atoms with Crippen molar-refractivity contribution in [3.63, 3.8) is 0 Å². The van der Waals surface area contributed by atoms with Crippen LogP contribution in [0, 0.1) is 5.41 Å². The number of amidine groups is 1. The fourth-order valence-electron chi connectivity index (χ4n) is 2.74. The largest absolute Gasteiger partial charge is 0.490 e. The lowest BCUT2D eigenvalue weighted by molar-refractivity contribution is 0.242. The molecule has 3 aromatic carbocycles. The van der Waals surface area contributed by atoms with Crippen LogP contribution in [0.3, 0.4) is 0 Å². The summed E-state index contributed by atoms with van der Waals surface area (Å²) in [6.45, 7) is 4.00. The Morgan fingerprint density at radius 2 is 1.62 bits per heavy atom. The molecule has 4 heteroatoms. The number of hydrogen-bond donors (Lipinski definition) is 2. The van der Waals surface area contributed by atoms with Crippen molar-refractivity contribution < 1.29 is 4.74 Å². The van der Waals surface area contributed by atoms with E-state index in [9.17, 15) is 0 Å². The first-order valence-electron chi connectivity index (χ1n) is 8.45. The van der Waals surface area contributed by atoms with Crippen LogP contribution in [-0.4, -0.2) is 11.9 Å². The number of nitrogen functional groups attached to an aromatic ring is 1. The van der Waals surface area contributed by atoms with Gasteiger partial charge in [-0.2, -0.15) is 0 Å². The number of ether oxygens (including phenoxy) is 1. The Bertz CT molecular complexity index is 992. The molecule has 0 aliphatic carbocycles. The molecule has 3 nitrogen and oxygen atoms in total. The lowest BCUT2D eigenvalue weighted by Crippen LogP contribution is -2.10. The summed E-state index contributed by atoms with van der Waals surface area (Å²) in [6.07, 6.45) is 2.02. The highest BCUT2D eigenvalue weighted by Gasteiger charge is 2.07. The Kier molecular flexibility index (Phi) is 5.29. The summed E-state index contributed by atoms with van der Waals surface area (Å²) in [6, 6.07) is 19.5. The van der Waals surface area contributed by atoms with E-state index >= 15 is 0 Å². The molecule has 3 rings (SSSR count). The molecule has 0 bridgehead atoms. The predicted octanol–water partition coefficient (Wildman–Crippen LogP) is 5.65. The van der Waals surface area contributed by atoms with Gasteiger partial charge < -0.3 is 10.5 Å². The van der Waals surface area contributed by atoms with Gasteiger partial charge in [0.15, 0.2) is 0 Å². The van der Waals surface area contributed by atoms with E-state index in [1.54, 1.807) is 0 Å². The number of benzene rings is 3. The van der Waals surface area contributed by atoms with E-state index in [0.29, 0.717) is 10.6 Å². The van der Waals surface area contributed by atoms with Crippen LogP contribution in [0.5, 0.6) is 5.75 Å². The van der Waals surface area contributed by atoms with Crippen LogP contribution in [0.25, 0.3) is 21.9 Å². The summed E-state index contributed by atoms with van der Waals surface area (Å²) in [7, 11) is 0. The quantitative estimate of drug-likeness (QED) is 0.349. The fraction of sp³-hybridized carbons (Fsp3) is 0.136. The molecule has 0 aliphatic rings. The normalized spacial score (nSPS) is 11.8. The van der Waals surface area contributed by atoms with E-state index in [-0.39, 0.29) is 11.9 Å². The molecule has 0 saturated carbocycles. The number of hydrogen-bond acceptors (Lipinski definition) is 2. The van der Waals surface area contributed by atoms with E-state index in [1.807, 2.05) is 80.6 Å². The lowest BCUT2D eigenvalue weighted by atomic mass is 10.0. The first kappa shape index (κ1) is 18.0. The molecule has 0 spiro atoms. The molecule has 0 fully saturated rings. The van der Waals surface area contributed by atoms with Gasteiger partial charge in [-0.05, 0) is 54.5 Å². The number of fused-ring (bicyclic) bond motifs is 1. The predicted molar refractivity (Wildman–Crippen MR) is 111 cm³/mol. The van der Waals surface area contributed by atoms with Crippen LogP contribution in [0.4, 0.5) is 0 Å². The minimum atomic E-state index is 0.0654. The number of nitrogens with two attached hydrogens (primary N) is 1. The highest BCUT2D eigenvalue weighted by molar-refractivity contribution is 6.51. The summed E-state index contributed by atoms with van der Waals surface area (Å²) >= 11 is 6.58. The molecule has 132 valence electrons. The van der Waals surface area contributed by atoms with Crippen LogP contribution in [0.15, 0.2) is 60.7 Å². The fourth-order valence-corrected chi connectivity index (χ4v) is 2.98. The third-order valence-electron chi connectivity index (χ3n) is 3.99. The van der Waals surface area contributed by atoms with Crippen LogP contribution in [0.1, 0.15) is 30.5 Å². The zero-order valence-corrected chi connectivity index (χ0v) is 15.5. The highest BCUT2D eigenvalue weighted by atomic mass is 35.5. The van der Waals surface area contributed by atoms with Crippen LogP contribution in [-0.2, 0) is 0 Å². The summed E-state index contributed by atoms with van der Waals surface area (Å²) < 4.78 is 5.85. The molecule has 0 unspecified atom stereocenters. The second-order valence-corrected chi connectivity index (χ2v) is 6.79. The maximum absolute atomic E-state index is 7.55. The molecule has 0 aliphatic heterocycles. The lowest BCUT2D eigenvalue weighted by Gasteiger charge is -2.12. The summed E-state index contributed by atoms with van der Waals surface area (Å²) in [4.78, 5) is 0. The second-order valence-electron chi connectivity index (χ2n) is 6.39. The van der Waals surface area contributed by atoms with Gasteiger partial charge in [0.05, 0.1) is 6.10 Å². The molecule has 3 N–H and O–H groups in total. The maximum Gasteiger partial charge on any atom is 0.126 e. The topological polar surface area (TPSA) is 59.1 Å². The molecule has 0 atom stereocenters. The Morgan fingerprint density at radius 3 is 2.27 bits per heavy atom. The Hall–Kier alpha value is -2.78. The van der Waals surface area contributed by atoms with Gasteiger partial charge in [0.2, 0.25) is 0 Å². The van der Waals surface area contributed by atoms with E-state index in [1.165, 1.54) is 0 Å². The van der Waals surface area contributed by atoms with Gasteiger partial charge in [-0.3, -0.25) is 5.41 Å². The first-order chi connectivity index (χ1) is 12.4. The molecular weight excluding hydrogens is 344 g/mol. The smallest absolute Gasteiger partial charge is 0.126 e. The average molecular weight is 365 g/mol. The van der Waals surface area contributed by atoms with Crippen molar-refractivity contribution in [1.82, 2.24) is 0 Å². The third-order valence-corrected chi connectivity index (χ3v) is 4.32. The van der Waals surface area contributed by atoms with Crippen LogP contribution >= 0.6 is 11.6 Å². The first-order valence-corrected chi connectivity index (χ1v) is 8.83.